The van der Waals surface area contributed by atoms with Crippen LogP contribution in [0.4, 0.5) is 0 Å². The van der Waals surface area contributed by atoms with E-state index in [0.29, 0.717) is 52.9 Å². The summed E-state index contributed by atoms with van der Waals surface area (Å²) in [6.07, 6.45) is 0. The van der Waals surface area contributed by atoms with Gasteiger partial charge in [-0.3, -0.25) is 0 Å². The van der Waals surface area contributed by atoms with Crippen molar-refractivity contribution in [2.75, 3.05) is 52.9 Å². The average Bonchev–Trinajstić information content (AvgIpc) is 3.32. The molecular formula is C9H16B4O8. The van der Waals surface area contributed by atoms with Crippen LogP contribution in [0.5, 0.6) is 0 Å². The maximum Gasteiger partial charge on any atom is 0.456 e. The van der Waals surface area contributed by atoms with Crippen LogP contribution >= 0.6 is 0 Å². The second kappa shape index (κ2) is 6.21. The second-order valence-electron chi connectivity index (χ2n) is 5.29. The van der Waals surface area contributed by atoms with Gasteiger partial charge in [-0.25, -0.2) is 0 Å². The molecule has 0 radical (unpaired) electrons. The Labute approximate surface area is 124 Å². The van der Waals surface area contributed by atoms with Gasteiger partial charge in [0.05, 0.1) is 52.9 Å². The third-order valence-corrected chi connectivity index (χ3v) is 4.12. The van der Waals surface area contributed by atoms with Gasteiger partial charge in [-0.15, -0.1) is 0 Å². The minimum Gasteiger partial charge on any atom is -0.409 e. The Balaban J connectivity index is 1.71. The summed E-state index contributed by atoms with van der Waals surface area (Å²) in [5.41, 5.74) is 0. The van der Waals surface area contributed by atoms with E-state index in [9.17, 15) is 0 Å². The van der Waals surface area contributed by atoms with Crippen molar-refractivity contribution in [3.63, 3.8) is 0 Å². The molecule has 21 heavy (non-hydrogen) atoms. The van der Waals surface area contributed by atoms with E-state index in [1.54, 1.807) is 0 Å². The fourth-order valence-corrected chi connectivity index (χ4v) is 3.26. The summed E-state index contributed by atoms with van der Waals surface area (Å²) in [6, 6.07) is 0. The molecule has 4 saturated heterocycles. The molecule has 0 aliphatic carbocycles. The Bertz CT molecular complexity index is 282. The molecule has 4 heterocycles. The molecule has 0 aromatic carbocycles. The molecule has 4 rings (SSSR count). The van der Waals surface area contributed by atoms with Crippen LogP contribution in [-0.4, -0.2) is 81.3 Å². The van der Waals surface area contributed by atoms with Crippen molar-refractivity contribution >= 4 is 28.5 Å². The predicted molar refractivity (Wildman–Crippen MR) is 73.3 cm³/mol. The lowest BCUT2D eigenvalue weighted by atomic mass is 9.13. The molecule has 112 valence electrons. The number of hydrogen-bond donors (Lipinski definition) is 0. The molecule has 4 aliphatic heterocycles. The Morgan fingerprint density at radius 2 is 0.571 bits per heavy atom. The lowest BCUT2D eigenvalue weighted by molar-refractivity contribution is 0.277. The first-order chi connectivity index (χ1) is 10.4. The van der Waals surface area contributed by atoms with Crippen LogP contribution in [0.3, 0.4) is 0 Å². The topological polar surface area (TPSA) is 73.8 Å². The minimum absolute atomic E-state index is 0.499. The van der Waals surface area contributed by atoms with Gasteiger partial charge in [-0.05, 0) is 0 Å². The maximum absolute atomic E-state index is 5.75. The highest BCUT2D eigenvalue weighted by Crippen LogP contribution is 2.46. The molecule has 4 aliphatic rings. The number of rotatable bonds is 4. The van der Waals surface area contributed by atoms with E-state index in [-0.39, 0.29) is 0 Å². The van der Waals surface area contributed by atoms with Gasteiger partial charge in [-0.2, -0.15) is 0 Å². The first kappa shape index (κ1) is 14.5. The van der Waals surface area contributed by atoms with Gasteiger partial charge in [-0.1, -0.05) is 0 Å². The minimum atomic E-state index is -0.958. The fourth-order valence-electron chi connectivity index (χ4n) is 3.26. The molecule has 8 nitrogen and oxygen atoms in total. The summed E-state index contributed by atoms with van der Waals surface area (Å²) in [4.78, 5) is 0. The SMILES string of the molecule is C1COB(C(B2OCCO2)(B2OCCO2)B2OCCO2)O1. The van der Waals surface area contributed by atoms with Crippen molar-refractivity contribution in [2.24, 2.45) is 0 Å². The van der Waals surface area contributed by atoms with E-state index >= 15 is 0 Å². The molecule has 0 unspecified atom stereocenters. The van der Waals surface area contributed by atoms with Crippen molar-refractivity contribution < 1.29 is 37.2 Å². The largest absolute Gasteiger partial charge is 0.456 e. The van der Waals surface area contributed by atoms with E-state index < -0.39 is 33.5 Å². The Kier molecular flexibility index (Phi) is 4.30. The van der Waals surface area contributed by atoms with Gasteiger partial charge in [0.25, 0.3) is 0 Å². The molecule has 0 saturated carbocycles. The van der Waals surface area contributed by atoms with Crippen LogP contribution < -0.4 is 0 Å². The van der Waals surface area contributed by atoms with Crippen LogP contribution in [-0.2, 0) is 37.2 Å². The van der Waals surface area contributed by atoms with Gasteiger partial charge in [0.1, 0.15) is 5.01 Å². The van der Waals surface area contributed by atoms with Crippen LogP contribution in [0.25, 0.3) is 0 Å². The van der Waals surface area contributed by atoms with Gasteiger partial charge in [0.2, 0.25) is 0 Å². The molecule has 12 heteroatoms. The van der Waals surface area contributed by atoms with Crippen molar-refractivity contribution in [1.82, 2.24) is 0 Å². The van der Waals surface area contributed by atoms with Crippen molar-refractivity contribution in [1.29, 1.82) is 0 Å². The highest BCUT2D eigenvalue weighted by molar-refractivity contribution is 7.04. The molecule has 0 spiro atoms. The van der Waals surface area contributed by atoms with Gasteiger partial charge >= 0.3 is 28.5 Å². The van der Waals surface area contributed by atoms with Crippen LogP contribution in [0.2, 0.25) is 5.01 Å². The lowest BCUT2D eigenvalue weighted by Gasteiger charge is -2.36. The van der Waals surface area contributed by atoms with E-state index in [0.717, 1.165) is 0 Å². The summed E-state index contributed by atoms with van der Waals surface area (Å²) in [6.45, 7) is 3.99. The van der Waals surface area contributed by atoms with Crippen LogP contribution in [0.1, 0.15) is 0 Å². The monoisotopic (exact) mass is 296 g/mol. The normalized spacial score (nSPS) is 27.4. The smallest absolute Gasteiger partial charge is 0.409 e. The third kappa shape index (κ3) is 2.38. The lowest BCUT2D eigenvalue weighted by Crippen LogP contribution is -2.65. The zero-order valence-electron chi connectivity index (χ0n) is 11.7. The molecule has 0 bridgehead atoms. The molecule has 0 N–H and O–H groups in total. The molecule has 0 aromatic rings. The first-order valence-corrected chi connectivity index (χ1v) is 7.35. The summed E-state index contributed by atoms with van der Waals surface area (Å²) >= 11 is 0. The van der Waals surface area contributed by atoms with Gasteiger partial charge < -0.3 is 37.2 Å². The zero-order chi connectivity index (χ0) is 14.1. The Morgan fingerprint density at radius 1 is 0.381 bits per heavy atom. The summed E-state index contributed by atoms with van der Waals surface area (Å²) in [5, 5.41) is -0.958. The average molecular weight is 295 g/mol. The third-order valence-electron chi connectivity index (χ3n) is 4.12. The predicted octanol–water partition coefficient (Wildman–Crippen LogP) is -1.52. The molecule has 0 amide bonds. The molecule has 4 fully saturated rings. The highest BCUT2D eigenvalue weighted by Gasteiger charge is 2.76. The zero-order valence-corrected chi connectivity index (χ0v) is 11.7. The fraction of sp³-hybridized carbons (Fsp3) is 1.00. The Hall–Kier alpha value is -0.0603. The maximum atomic E-state index is 5.75. The van der Waals surface area contributed by atoms with Gasteiger partial charge in [0, 0.05) is 0 Å². The van der Waals surface area contributed by atoms with Crippen molar-refractivity contribution in [3.8, 4) is 0 Å². The quantitative estimate of drug-likeness (QED) is 0.579. The van der Waals surface area contributed by atoms with E-state index in [1.165, 1.54) is 0 Å². The summed E-state index contributed by atoms with van der Waals surface area (Å²) < 4.78 is 46.0. The van der Waals surface area contributed by atoms with Crippen LogP contribution in [0, 0.1) is 0 Å². The molecular weight excluding hydrogens is 279 g/mol. The van der Waals surface area contributed by atoms with Gasteiger partial charge in [0.15, 0.2) is 0 Å². The summed E-state index contributed by atoms with van der Waals surface area (Å²) in [7, 11) is -2.47. The van der Waals surface area contributed by atoms with Crippen molar-refractivity contribution in [2.45, 2.75) is 5.01 Å². The summed E-state index contributed by atoms with van der Waals surface area (Å²) in [5.74, 6) is 0. The van der Waals surface area contributed by atoms with Crippen LogP contribution in [0.15, 0.2) is 0 Å². The highest BCUT2D eigenvalue weighted by atomic mass is 16.7. The molecule has 0 aromatic heterocycles. The van der Waals surface area contributed by atoms with Crippen molar-refractivity contribution in [3.05, 3.63) is 0 Å². The standard InChI is InChI=1S/C9H16B4O8/c1-2-15-10(14-1)9(11-16-3-4-17-11,12-18-5-6-19-12)13-20-7-8-21-13/h1-8H2. The molecule has 0 atom stereocenters. The Morgan fingerprint density at radius 3 is 0.762 bits per heavy atom. The first-order valence-electron chi connectivity index (χ1n) is 7.35. The van der Waals surface area contributed by atoms with E-state index in [4.69, 9.17) is 37.2 Å². The second-order valence-corrected chi connectivity index (χ2v) is 5.29. The number of hydrogen-bond acceptors (Lipinski definition) is 8. The van der Waals surface area contributed by atoms with E-state index in [1.807, 2.05) is 0 Å². The van der Waals surface area contributed by atoms with E-state index in [2.05, 4.69) is 0 Å².